The van der Waals surface area contributed by atoms with Gasteiger partial charge in [0.05, 0.1) is 16.3 Å². The topological polar surface area (TPSA) is 78.3 Å². The molecular formula is C23H20N2O4S2. The number of nitrogens with zero attached hydrogens (tertiary/aromatic N) is 2. The zero-order chi connectivity index (χ0) is 22.2. The van der Waals surface area contributed by atoms with Gasteiger partial charge >= 0.3 is 5.97 Å². The molecule has 6 nitrogen and oxygen atoms in total. The van der Waals surface area contributed by atoms with Crippen LogP contribution in [0.15, 0.2) is 75.8 Å². The molecule has 0 fully saturated rings. The van der Waals surface area contributed by atoms with Crippen molar-refractivity contribution in [2.45, 2.75) is 30.6 Å². The molecule has 0 aliphatic heterocycles. The number of aryl methyl sites for hydroxylation is 3. The van der Waals surface area contributed by atoms with Gasteiger partial charge in [0.25, 0.3) is 0 Å². The van der Waals surface area contributed by atoms with Crippen LogP contribution >= 0.6 is 11.3 Å². The summed E-state index contributed by atoms with van der Waals surface area (Å²) in [6.45, 7) is 5.46. The predicted molar refractivity (Wildman–Crippen MR) is 119 cm³/mol. The number of esters is 1. The van der Waals surface area contributed by atoms with Crippen LogP contribution in [0.25, 0.3) is 5.69 Å². The molecule has 2 heterocycles. The Bertz CT molecular complexity index is 1360. The van der Waals surface area contributed by atoms with E-state index in [4.69, 9.17) is 4.74 Å². The molecule has 2 aromatic heterocycles. The molecule has 4 rings (SSSR count). The molecule has 0 amide bonds. The molecule has 8 heteroatoms. The Hall–Kier alpha value is -3.23. The lowest BCUT2D eigenvalue weighted by atomic mass is 10.1. The molecule has 0 radical (unpaired) electrons. The van der Waals surface area contributed by atoms with Gasteiger partial charge in [-0.1, -0.05) is 42.0 Å². The molecule has 0 saturated carbocycles. The van der Waals surface area contributed by atoms with Gasteiger partial charge in [0, 0.05) is 0 Å². The molecule has 0 spiro atoms. The van der Waals surface area contributed by atoms with Crippen molar-refractivity contribution in [3.05, 3.63) is 87.7 Å². The third-order valence-electron chi connectivity index (χ3n) is 4.78. The van der Waals surface area contributed by atoms with Crippen molar-refractivity contribution in [2.75, 3.05) is 0 Å². The number of thiophene rings is 1. The van der Waals surface area contributed by atoms with E-state index in [1.54, 1.807) is 42.6 Å². The number of hydrogen-bond donors (Lipinski definition) is 0. The summed E-state index contributed by atoms with van der Waals surface area (Å²) in [6, 6.07) is 17.1. The van der Waals surface area contributed by atoms with Gasteiger partial charge in [-0.05, 0) is 56.0 Å². The fourth-order valence-electron chi connectivity index (χ4n) is 3.35. The predicted octanol–water partition coefficient (Wildman–Crippen LogP) is 4.91. The van der Waals surface area contributed by atoms with Gasteiger partial charge in [-0.15, -0.1) is 11.3 Å². The Kier molecular flexibility index (Phi) is 5.51. The molecule has 0 bridgehead atoms. The average molecular weight is 453 g/mol. The molecular weight excluding hydrogens is 432 g/mol. The van der Waals surface area contributed by atoms with E-state index in [9.17, 15) is 13.2 Å². The van der Waals surface area contributed by atoms with Crippen molar-refractivity contribution >= 4 is 27.1 Å². The average Bonchev–Trinajstić information content (AvgIpc) is 3.37. The standard InChI is InChI=1S/C23H20N2O4S2/c1-15-11-12-19(16(2)14-15)25-22(29-23(26)20-10-7-13-30-20)21(17(3)24-25)31(27,28)18-8-5-4-6-9-18/h4-14H,1-3H3. The highest BCUT2D eigenvalue weighted by Crippen LogP contribution is 2.35. The van der Waals surface area contributed by atoms with Gasteiger partial charge < -0.3 is 4.74 Å². The second kappa shape index (κ2) is 8.13. The van der Waals surface area contributed by atoms with Crippen LogP contribution in [0.3, 0.4) is 0 Å². The van der Waals surface area contributed by atoms with Crippen molar-refractivity contribution < 1.29 is 17.9 Å². The number of sulfone groups is 1. The monoisotopic (exact) mass is 452 g/mol. The summed E-state index contributed by atoms with van der Waals surface area (Å²) in [6.07, 6.45) is 0. The van der Waals surface area contributed by atoms with Crippen LogP contribution in [0.1, 0.15) is 26.5 Å². The fraction of sp³-hybridized carbons (Fsp3) is 0.130. The van der Waals surface area contributed by atoms with Crippen LogP contribution < -0.4 is 4.74 Å². The number of rotatable bonds is 5. The second-order valence-electron chi connectivity index (χ2n) is 7.10. The number of carbonyl (C=O) groups is 1. The molecule has 0 aliphatic rings. The van der Waals surface area contributed by atoms with Crippen LogP contribution in [0.4, 0.5) is 0 Å². The van der Waals surface area contributed by atoms with Gasteiger partial charge in [-0.25, -0.2) is 13.2 Å². The van der Waals surface area contributed by atoms with Gasteiger partial charge in [-0.3, -0.25) is 0 Å². The van der Waals surface area contributed by atoms with E-state index in [1.807, 2.05) is 32.0 Å². The minimum Gasteiger partial charge on any atom is -0.402 e. The van der Waals surface area contributed by atoms with E-state index in [0.717, 1.165) is 11.1 Å². The zero-order valence-corrected chi connectivity index (χ0v) is 18.8. The molecule has 0 N–H and O–H groups in total. The van der Waals surface area contributed by atoms with E-state index in [2.05, 4.69) is 5.10 Å². The second-order valence-corrected chi connectivity index (χ2v) is 9.94. The molecule has 31 heavy (non-hydrogen) atoms. The summed E-state index contributed by atoms with van der Waals surface area (Å²) in [5, 5.41) is 6.22. The van der Waals surface area contributed by atoms with E-state index in [1.165, 1.54) is 28.2 Å². The molecule has 158 valence electrons. The minimum absolute atomic E-state index is 0.103. The summed E-state index contributed by atoms with van der Waals surface area (Å²) in [5.74, 6) is -0.753. The summed E-state index contributed by atoms with van der Waals surface area (Å²) < 4.78 is 34.0. The van der Waals surface area contributed by atoms with E-state index in [-0.39, 0.29) is 21.4 Å². The normalized spacial score (nSPS) is 11.5. The van der Waals surface area contributed by atoms with E-state index >= 15 is 0 Å². The lowest BCUT2D eigenvalue weighted by Gasteiger charge is -2.12. The van der Waals surface area contributed by atoms with Crippen LogP contribution in [0, 0.1) is 20.8 Å². The van der Waals surface area contributed by atoms with Crippen molar-refractivity contribution in [1.82, 2.24) is 9.78 Å². The Labute approximate surface area is 184 Å². The number of benzene rings is 2. The van der Waals surface area contributed by atoms with Crippen molar-refractivity contribution in [3.8, 4) is 11.6 Å². The lowest BCUT2D eigenvalue weighted by molar-refractivity contribution is 0.0723. The Morgan fingerprint density at radius 3 is 2.39 bits per heavy atom. The van der Waals surface area contributed by atoms with Crippen molar-refractivity contribution in [3.63, 3.8) is 0 Å². The number of aromatic nitrogens is 2. The van der Waals surface area contributed by atoms with E-state index < -0.39 is 15.8 Å². The first kappa shape index (κ1) is 21.0. The highest BCUT2D eigenvalue weighted by molar-refractivity contribution is 7.91. The first-order valence-corrected chi connectivity index (χ1v) is 11.9. The number of ether oxygens (including phenoxy) is 1. The maximum atomic E-state index is 13.5. The quantitative estimate of drug-likeness (QED) is 0.402. The maximum absolute atomic E-state index is 13.5. The Morgan fingerprint density at radius 2 is 1.74 bits per heavy atom. The van der Waals surface area contributed by atoms with Crippen LogP contribution in [0.5, 0.6) is 5.88 Å². The molecule has 2 aromatic carbocycles. The summed E-state index contributed by atoms with van der Waals surface area (Å²) in [5.41, 5.74) is 2.81. The summed E-state index contributed by atoms with van der Waals surface area (Å²) in [4.78, 5) is 13.1. The van der Waals surface area contributed by atoms with Crippen molar-refractivity contribution in [1.29, 1.82) is 0 Å². The highest BCUT2D eigenvalue weighted by atomic mass is 32.2. The minimum atomic E-state index is -3.98. The molecule has 0 aliphatic carbocycles. The lowest BCUT2D eigenvalue weighted by Crippen LogP contribution is -2.14. The van der Waals surface area contributed by atoms with Crippen LogP contribution in [-0.4, -0.2) is 24.2 Å². The third-order valence-corrected chi connectivity index (χ3v) is 7.53. The Morgan fingerprint density at radius 1 is 1.00 bits per heavy atom. The number of hydrogen-bond acceptors (Lipinski definition) is 6. The van der Waals surface area contributed by atoms with Gasteiger partial charge in [0.1, 0.15) is 4.88 Å². The Balaban J connectivity index is 1.95. The first-order chi connectivity index (χ1) is 14.8. The smallest absolute Gasteiger partial charge is 0.355 e. The van der Waals surface area contributed by atoms with E-state index in [0.29, 0.717) is 10.6 Å². The third kappa shape index (κ3) is 3.92. The zero-order valence-electron chi connectivity index (χ0n) is 17.2. The highest BCUT2D eigenvalue weighted by Gasteiger charge is 2.32. The fourth-order valence-corrected chi connectivity index (χ4v) is 5.49. The van der Waals surface area contributed by atoms with Gasteiger partial charge in [0.2, 0.25) is 15.7 Å². The van der Waals surface area contributed by atoms with Gasteiger partial charge in [-0.2, -0.15) is 9.78 Å². The summed E-state index contributed by atoms with van der Waals surface area (Å²) >= 11 is 1.22. The number of carbonyl (C=O) groups excluding carboxylic acids is 1. The van der Waals surface area contributed by atoms with Gasteiger partial charge in [0.15, 0.2) is 4.90 Å². The van der Waals surface area contributed by atoms with Crippen LogP contribution in [0.2, 0.25) is 0 Å². The first-order valence-electron chi connectivity index (χ1n) is 9.52. The maximum Gasteiger partial charge on any atom is 0.355 e. The SMILES string of the molecule is Cc1ccc(-n2nc(C)c(S(=O)(=O)c3ccccc3)c2OC(=O)c2cccs2)c(C)c1. The van der Waals surface area contributed by atoms with Crippen molar-refractivity contribution in [2.24, 2.45) is 0 Å². The van der Waals surface area contributed by atoms with Crippen LogP contribution in [-0.2, 0) is 9.84 Å². The molecule has 0 saturated heterocycles. The molecule has 0 unspecified atom stereocenters. The molecule has 4 aromatic rings. The summed E-state index contributed by atoms with van der Waals surface area (Å²) in [7, 11) is -3.98. The molecule has 0 atom stereocenters. The largest absolute Gasteiger partial charge is 0.402 e.